The second-order valence-electron chi connectivity index (χ2n) is 19.4. The van der Waals surface area contributed by atoms with Gasteiger partial charge in [0.1, 0.15) is 5.58 Å². The summed E-state index contributed by atoms with van der Waals surface area (Å²) in [7, 11) is 0. The van der Waals surface area contributed by atoms with Crippen LogP contribution in [0, 0.1) is 32.1 Å². The molecule has 8 rings (SSSR count). The molecule has 1 atom stereocenters. The van der Waals surface area contributed by atoms with Crippen LogP contribution in [0.25, 0.3) is 11.0 Å². The Hall–Kier alpha value is -6.38. The van der Waals surface area contributed by atoms with Crippen LogP contribution in [0.3, 0.4) is 0 Å². The van der Waals surface area contributed by atoms with Gasteiger partial charge in [-0.15, -0.1) is 6.42 Å². The van der Waals surface area contributed by atoms with Crippen molar-refractivity contribution in [2.24, 2.45) is 5.92 Å². The number of aryl methyl sites for hydroxylation is 3. The molecule has 0 saturated carbocycles. The normalized spacial score (nSPS) is 17.3. The zero-order chi connectivity index (χ0) is 46.3. The van der Waals surface area contributed by atoms with Crippen LogP contribution in [0.15, 0.2) is 161 Å². The number of rotatable bonds is 12. The number of fused-ring (bicyclic) bond motifs is 5. The van der Waals surface area contributed by atoms with Crippen molar-refractivity contribution < 1.29 is 4.42 Å². The van der Waals surface area contributed by atoms with Gasteiger partial charge in [0.15, 0.2) is 0 Å². The van der Waals surface area contributed by atoms with Crippen LogP contribution in [0.4, 0.5) is 28.4 Å². The lowest BCUT2D eigenvalue weighted by molar-refractivity contribution is 0.403. The van der Waals surface area contributed by atoms with E-state index in [4.69, 9.17) is 10.8 Å². The molecule has 0 amide bonds. The lowest BCUT2D eigenvalue weighted by atomic mass is 9.35. The fourth-order valence-electron chi connectivity index (χ4n) is 10.2. The molecule has 4 nitrogen and oxygen atoms in total. The number of hydrogen-bond donors (Lipinski definition) is 0. The van der Waals surface area contributed by atoms with Crippen molar-refractivity contribution in [3.63, 3.8) is 0 Å². The molecular weight excluding hydrogens is 789 g/mol. The molecule has 5 heteroatoms. The summed E-state index contributed by atoms with van der Waals surface area (Å²) in [6.45, 7) is 29.2. The van der Waals surface area contributed by atoms with Gasteiger partial charge in [-0.1, -0.05) is 120 Å². The molecule has 0 N–H and O–H groups in total. The summed E-state index contributed by atoms with van der Waals surface area (Å²) in [6.07, 6.45) is 27.1. The van der Waals surface area contributed by atoms with Gasteiger partial charge in [-0.2, -0.15) is 0 Å². The Balaban J connectivity index is 1.43. The molecule has 0 spiro atoms. The number of furan rings is 1. The van der Waals surface area contributed by atoms with Crippen LogP contribution >= 0.6 is 0 Å². The zero-order valence-electron chi connectivity index (χ0n) is 40.6. The van der Waals surface area contributed by atoms with Crippen molar-refractivity contribution in [3.05, 3.63) is 184 Å². The predicted molar refractivity (Wildman–Crippen MR) is 282 cm³/mol. The van der Waals surface area contributed by atoms with Gasteiger partial charge in [0.05, 0.1) is 17.0 Å². The molecule has 330 valence electrons. The van der Waals surface area contributed by atoms with Crippen molar-refractivity contribution >= 4 is 57.2 Å². The summed E-state index contributed by atoms with van der Waals surface area (Å²) in [4.78, 5) is 7.18. The molecule has 2 aliphatic heterocycles. The topological polar surface area (TPSA) is 22.9 Å². The second kappa shape index (κ2) is 18.2. The number of benzene rings is 4. The van der Waals surface area contributed by atoms with E-state index in [1.165, 1.54) is 44.3 Å². The molecule has 1 aromatic heterocycles. The summed E-state index contributed by atoms with van der Waals surface area (Å²) in [5.74, 6) is 4.02. The number of hydrogen-bond acceptors (Lipinski definition) is 4. The molecule has 0 fully saturated rings. The molecule has 0 unspecified atom stereocenters. The first kappa shape index (κ1) is 45.2. The van der Waals surface area contributed by atoms with E-state index < -0.39 is 0 Å². The molecule has 5 aromatic rings. The summed E-state index contributed by atoms with van der Waals surface area (Å²) in [5.41, 5.74) is 20.6. The third-order valence-corrected chi connectivity index (χ3v) is 14.2. The Kier molecular flexibility index (Phi) is 12.7. The Bertz CT molecular complexity index is 2900. The van der Waals surface area contributed by atoms with E-state index in [-0.39, 0.29) is 12.1 Å². The lowest BCUT2D eigenvalue weighted by Gasteiger charge is -2.42. The number of allylic oxidation sites excluding steroid dienone is 11. The van der Waals surface area contributed by atoms with Crippen molar-refractivity contribution in [3.8, 4) is 12.3 Å². The maximum Gasteiger partial charge on any atom is 0.296 e. The summed E-state index contributed by atoms with van der Waals surface area (Å²) in [5, 5.41) is 1.11. The maximum absolute atomic E-state index is 7.42. The van der Waals surface area contributed by atoms with Crippen molar-refractivity contribution in [2.45, 2.75) is 107 Å². The van der Waals surface area contributed by atoms with Gasteiger partial charge >= 0.3 is 0 Å². The van der Waals surface area contributed by atoms with Gasteiger partial charge in [-0.05, 0) is 171 Å². The highest BCUT2D eigenvalue weighted by atomic mass is 16.3. The minimum absolute atomic E-state index is 0.0299. The highest BCUT2D eigenvalue weighted by molar-refractivity contribution is 6.95. The SMILES string of the molecule is C#C/C(=C\C=C(/C)C(C)C)N1c2cc(C)cc3c2B(C(/C=C\CN(C(/C=C\C=C)=C\C)c2cccc(C)c2)=C(C)N3c2ccc(CC)cc2)c2oc3cc4c(cc3c21)C(C)(C)CC[C@@H]4C. The number of nitrogens with zero attached hydrogens (tertiary/aromatic N) is 3. The number of anilines is 5. The highest BCUT2D eigenvalue weighted by Gasteiger charge is 2.47. The molecule has 1 aliphatic carbocycles. The molecular formula is C60H66BN3O. The Labute approximate surface area is 390 Å². The van der Waals surface area contributed by atoms with Crippen molar-refractivity contribution in [1.82, 2.24) is 0 Å². The molecule has 0 saturated heterocycles. The van der Waals surface area contributed by atoms with Gasteiger partial charge in [-0.3, -0.25) is 0 Å². The smallest absolute Gasteiger partial charge is 0.296 e. The molecule has 0 bridgehead atoms. The fourth-order valence-corrected chi connectivity index (χ4v) is 10.2. The first-order valence-electron chi connectivity index (χ1n) is 23.7. The third kappa shape index (κ3) is 8.29. The van der Waals surface area contributed by atoms with Gasteiger partial charge in [-0.25, -0.2) is 0 Å². The van der Waals surface area contributed by atoms with Gasteiger partial charge in [0, 0.05) is 46.1 Å². The predicted octanol–water partition coefficient (Wildman–Crippen LogP) is 14.6. The quantitative estimate of drug-likeness (QED) is 0.0708. The van der Waals surface area contributed by atoms with E-state index in [0.717, 1.165) is 81.4 Å². The van der Waals surface area contributed by atoms with E-state index in [0.29, 0.717) is 18.4 Å². The van der Waals surface area contributed by atoms with E-state index in [1.54, 1.807) is 0 Å². The molecule has 65 heavy (non-hydrogen) atoms. The van der Waals surface area contributed by atoms with E-state index >= 15 is 0 Å². The van der Waals surface area contributed by atoms with Crippen LogP contribution < -0.4 is 25.8 Å². The average Bonchev–Trinajstić information content (AvgIpc) is 3.66. The summed E-state index contributed by atoms with van der Waals surface area (Å²) in [6, 6.07) is 27.3. The Morgan fingerprint density at radius 2 is 1.77 bits per heavy atom. The van der Waals surface area contributed by atoms with Crippen LogP contribution in [-0.2, 0) is 11.8 Å². The molecule has 3 heterocycles. The second-order valence-corrected chi connectivity index (χ2v) is 19.4. The van der Waals surface area contributed by atoms with Gasteiger partial charge in [0.2, 0.25) is 0 Å². The van der Waals surface area contributed by atoms with Crippen LogP contribution in [0.2, 0.25) is 0 Å². The third-order valence-electron chi connectivity index (χ3n) is 14.2. The van der Waals surface area contributed by atoms with Gasteiger partial charge < -0.3 is 19.1 Å². The van der Waals surface area contributed by atoms with Crippen molar-refractivity contribution in [2.75, 3.05) is 21.2 Å². The average molecular weight is 856 g/mol. The lowest BCUT2D eigenvalue weighted by Crippen LogP contribution is -2.55. The first-order valence-corrected chi connectivity index (χ1v) is 23.7. The largest absolute Gasteiger partial charge is 0.468 e. The molecule has 0 radical (unpaired) electrons. The fraction of sp³-hybridized carbons (Fsp3) is 0.300. The molecule has 3 aliphatic rings. The minimum atomic E-state index is -0.203. The van der Waals surface area contributed by atoms with E-state index in [9.17, 15) is 0 Å². The monoisotopic (exact) mass is 856 g/mol. The van der Waals surface area contributed by atoms with Crippen LogP contribution in [0.1, 0.15) is 109 Å². The highest BCUT2D eigenvalue weighted by Crippen LogP contribution is 2.49. The standard InChI is InChI=1S/C60H66BN3O/c1-14-18-22-46(16-3)62(49-23-19-21-40(7)34-49)33-20-24-53-44(11)63(48-29-26-45(15-2)27-30-48)54-35-41(8)36-55-57(54)61(53)59-58(64(55)47(17-4)28-25-42(9)39(5)6)51-37-52-50(38-56(51)65-59)43(10)31-32-60(52,12)13/h4,14,16,18-30,34-39,43H,1,15,31-33H2,2-3,5-13H3/b22-18-,24-20-,42-25+,46-16-,47-28+/t43-/m0/s1. The first-order chi connectivity index (χ1) is 31.2. The minimum Gasteiger partial charge on any atom is -0.468 e. The number of terminal acetylenes is 1. The van der Waals surface area contributed by atoms with Crippen LogP contribution in [0.5, 0.6) is 0 Å². The van der Waals surface area contributed by atoms with Gasteiger partial charge in [0.25, 0.3) is 6.71 Å². The summed E-state index contributed by atoms with van der Waals surface area (Å²) >= 11 is 0. The van der Waals surface area contributed by atoms with Crippen molar-refractivity contribution in [1.29, 1.82) is 0 Å². The van der Waals surface area contributed by atoms with E-state index in [2.05, 4.69) is 213 Å². The Morgan fingerprint density at radius 1 is 1.02 bits per heavy atom. The molecule has 4 aromatic carbocycles. The summed E-state index contributed by atoms with van der Waals surface area (Å²) < 4.78 is 7.42. The zero-order valence-corrected chi connectivity index (χ0v) is 40.6. The van der Waals surface area contributed by atoms with Crippen LogP contribution in [-0.4, -0.2) is 13.3 Å². The maximum atomic E-state index is 7.42. The Morgan fingerprint density at radius 3 is 2.45 bits per heavy atom. The van der Waals surface area contributed by atoms with E-state index in [1.807, 2.05) is 12.2 Å².